The van der Waals surface area contributed by atoms with Crippen LogP contribution < -0.4 is 10.9 Å². The van der Waals surface area contributed by atoms with Crippen molar-refractivity contribution in [3.63, 3.8) is 0 Å². The van der Waals surface area contributed by atoms with Crippen LogP contribution in [0.1, 0.15) is 43.7 Å². The van der Waals surface area contributed by atoms with Gasteiger partial charge in [0.15, 0.2) is 0 Å². The quantitative estimate of drug-likeness (QED) is 0.676. The number of anilines is 1. The second kappa shape index (κ2) is 11.7. The topological polar surface area (TPSA) is 59.4 Å². The first-order valence-corrected chi connectivity index (χ1v) is 11.8. The lowest BCUT2D eigenvalue weighted by Crippen LogP contribution is -2.36. The van der Waals surface area contributed by atoms with E-state index >= 15 is 0 Å². The highest BCUT2D eigenvalue weighted by atomic mass is 35.5. The van der Waals surface area contributed by atoms with E-state index in [-0.39, 0.29) is 16.6 Å². The third-order valence-corrected chi connectivity index (χ3v) is 7.02. The second-order valence-electron chi connectivity index (χ2n) is 7.56. The van der Waals surface area contributed by atoms with Gasteiger partial charge in [-0.05, 0) is 62.6 Å². The van der Waals surface area contributed by atoms with E-state index < -0.39 is 0 Å². The smallest absolute Gasteiger partial charge is 0.287 e. The highest BCUT2D eigenvalue weighted by molar-refractivity contribution is 7.97. The Morgan fingerprint density at radius 1 is 1.17 bits per heavy atom. The molecule has 0 amide bonds. The zero-order chi connectivity index (χ0) is 21.3. The van der Waals surface area contributed by atoms with E-state index in [9.17, 15) is 4.79 Å². The molecule has 2 aliphatic rings. The fourth-order valence-corrected chi connectivity index (χ4v) is 4.80. The maximum Gasteiger partial charge on any atom is 0.287 e. The van der Waals surface area contributed by atoms with Crippen LogP contribution in [0.4, 0.5) is 5.69 Å². The molecule has 30 heavy (non-hydrogen) atoms. The average Bonchev–Trinajstić information content (AvgIpc) is 2.79. The van der Waals surface area contributed by atoms with Gasteiger partial charge in [-0.15, -0.1) is 0 Å². The van der Waals surface area contributed by atoms with Gasteiger partial charge in [0.25, 0.3) is 5.56 Å². The summed E-state index contributed by atoms with van der Waals surface area (Å²) in [5, 5.41) is 7.39. The Hall–Kier alpha value is -1.54. The Morgan fingerprint density at radius 3 is 2.43 bits per heavy atom. The van der Waals surface area contributed by atoms with Gasteiger partial charge in [-0.1, -0.05) is 29.8 Å². The van der Waals surface area contributed by atoms with E-state index in [4.69, 9.17) is 16.3 Å². The van der Waals surface area contributed by atoms with Crippen molar-refractivity contribution in [3.05, 3.63) is 51.4 Å². The number of hydrogen-bond acceptors (Lipinski definition) is 6. The summed E-state index contributed by atoms with van der Waals surface area (Å²) in [5.41, 5.74) is 1.65. The lowest BCUT2D eigenvalue weighted by molar-refractivity contribution is 0.0968. The van der Waals surface area contributed by atoms with Gasteiger partial charge in [0.1, 0.15) is 5.02 Å². The molecule has 2 saturated heterocycles. The first-order valence-electron chi connectivity index (χ1n) is 10.6. The number of hydrogen-bond donors (Lipinski definition) is 1. The van der Waals surface area contributed by atoms with Gasteiger partial charge in [0.2, 0.25) is 0 Å². The van der Waals surface area contributed by atoms with Crippen LogP contribution in [0.3, 0.4) is 0 Å². The molecule has 3 heterocycles. The van der Waals surface area contributed by atoms with E-state index in [2.05, 4.69) is 45.9 Å². The van der Waals surface area contributed by atoms with Gasteiger partial charge >= 0.3 is 0 Å². The van der Waals surface area contributed by atoms with E-state index in [0.29, 0.717) is 5.69 Å². The molecule has 1 N–H and O–H groups in total. The van der Waals surface area contributed by atoms with Crippen molar-refractivity contribution >= 4 is 29.2 Å². The minimum absolute atomic E-state index is 0.106. The SMILES string of the molecule is C1CCOCC1.CNc1cnn(C2CCN(Sc3ccccc3C)CC2)c(=O)c1Cl. The maximum absolute atomic E-state index is 12.4. The zero-order valence-corrected chi connectivity index (χ0v) is 19.3. The van der Waals surface area contributed by atoms with Crippen LogP contribution in [0.25, 0.3) is 0 Å². The van der Waals surface area contributed by atoms with Crippen LogP contribution in [0.2, 0.25) is 5.02 Å². The summed E-state index contributed by atoms with van der Waals surface area (Å²) in [6, 6.07) is 8.51. The molecule has 2 aromatic rings. The summed E-state index contributed by atoms with van der Waals surface area (Å²) in [6.07, 6.45) is 7.33. The minimum atomic E-state index is -0.214. The van der Waals surface area contributed by atoms with Crippen LogP contribution in [0, 0.1) is 6.92 Å². The van der Waals surface area contributed by atoms with Crippen molar-refractivity contribution in [2.45, 2.75) is 50.0 Å². The number of halogens is 1. The zero-order valence-electron chi connectivity index (χ0n) is 17.8. The van der Waals surface area contributed by atoms with Crippen LogP contribution >= 0.6 is 23.5 Å². The molecule has 1 aromatic carbocycles. The molecule has 8 heteroatoms. The Morgan fingerprint density at radius 2 is 1.87 bits per heavy atom. The first kappa shape index (κ1) is 23.1. The van der Waals surface area contributed by atoms with E-state index in [0.717, 1.165) is 39.1 Å². The summed E-state index contributed by atoms with van der Waals surface area (Å²) >= 11 is 7.91. The van der Waals surface area contributed by atoms with Crippen LogP contribution in [-0.4, -0.2) is 47.4 Å². The summed E-state index contributed by atoms with van der Waals surface area (Å²) in [4.78, 5) is 13.7. The first-order chi connectivity index (χ1) is 14.6. The van der Waals surface area contributed by atoms with Crippen LogP contribution in [-0.2, 0) is 4.74 Å². The highest BCUT2D eigenvalue weighted by Crippen LogP contribution is 2.31. The Labute approximate surface area is 188 Å². The summed E-state index contributed by atoms with van der Waals surface area (Å²) in [5.74, 6) is 0. The molecule has 2 aliphatic heterocycles. The van der Waals surface area contributed by atoms with Crippen molar-refractivity contribution in [1.82, 2.24) is 14.1 Å². The molecule has 2 fully saturated rings. The Kier molecular flexibility index (Phi) is 9.05. The van der Waals surface area contributed by atoms with Gasteiger partial charge in [0, 0.05) is 38.2 Å². The average molecular weight is 451 g/mol. The molecule has 6 nitrogen and oxygen atoms in total. The van der Waals surface area contributed by atoms with Gasteiger partial charge in [-0.2, -0.15) is 5.10 Å². The Bertz CT molecular complexity index is 853. The monoisotopic (exact) mass is 450 g/mol. The van der Waals surface area contributed by atoms with Crippen LogP contribution in [0.15, 0.2) is 40.2 Å². The van der Waals surface area contributed by atoms with E-state index in [1.807, 2.05) is 0 Å². The highest BCUT2D eigenvalue weighted by Gasteiger charge is 2.24. The number of aryl methyl sites for hydroxylation is 1. The van der Waals surface area contributed by atoms with E-state index in [1.165, 1.54) is 29.7 Å². The van der Waals surface area contributed by atoms with Crippen molar-refractivity contribution < 1.29 is 4.74 Å². The number of aromatic nitrogens is 2. The van der Waals surface area contributed by atoms with Crippen molar-refractivity contribution in [1.29, 1.82) is 0 Å². The molecule has 4 rings (SSSR count). The van der Waals surface area contributed by atoms with Gasteiger partial charge in [-0.25, -0.2) is 8.99 Å². The second-order valence-corrected chi connectivity index (χ2v) is 9.08. The third-order valence-electron chi connectivity index (χ3n) is 5.38. The number of benzene rings is 1. The van der Waals surface area contributed by atoms with Gasteiger partial charge < -0.3 is 10.1 Å². The maximum atomic E-state index is 12.4. The summed E-state index contributed by atoms with van der Waals surface area (Å²) in [6.45, 7) is 5.97. The lowest BCUT2D eigenvalue weighted by atomic mass is 10.1. The third kappa shape index (κ3) is 6.23. The summed E-state index contributed by atoms with van der Waals surface area (Å²) < 4.78 is 8.96. The number of ether oxygens (including phenoxy) is 1. The fraction of sp³-hybridized carbons (Fsp3) is 0.545. The van der Waals surface area contributed by atoms with Gasteiger partial charge in [-0.3, -0.25) is 4.79 Å². The molecule has 164 valence electrons. The molecule has 0 saturated carbocycles. The molecular formula is C22H31ClN4O2S. The van der Waals surface area contributed by atoms with Gasteiger partial charge in [0.05, 0.1) is 17.9 Å². The molecule has 0 unspecified atom stereocenters. The molecular weight excluding hydrogens is 420 g/mol. The predicted octanol–water partition coefficient (Wildman–Crippen LogP) is 4.78. The predicted molar refractivity (Wildman–Crippen MR) is 125 cm³/mol. The largest absolute Gasteiger partial charge is 0.385 e. The molecule has 0 spiro atoms. The molecule has 1 aromatic heterocycles. The fourth-order valence-electron chi connectivity index (χ4n) is 3.54. The van der Waals surface area contributed by atoms with Crippen molar-refractivity contribution in [2.75, 3.05) is 38.7 Å². The number of piperidine rings is 1. The Balaban J connectivity index is 0.000000367. The normalized spacial score (nSPS) is 17.8. The standard InChI is InChI=1S/C17H21ClN4OS.C5H10O/c1-12-5-3-4-6-15(12)24-21-9-7-13(8-10-21)22-17(23)16(18)14(19-2)11-20-22;1-2-4-6-5-3-1/h3-6,11,13,19H,7-10H2,1-2H3;1-5H2. The summed E-state index contributed by atoms with van der Waals surface area (Å²) in [7, 11) is 1.73. The number of rotatable bonds is 4. The van der Waals surface area contributed by atoms with E-state index in [1.54, 1.807) is 29.9 Å². The molecule has 0 bridgehead atoms. The van der Waals surface area contributed by atoms with Crippen molar-refractivity contribution in [3.8, 4) is 0 Å². The number of nitrogens with one attached hydrogen (secondary N) is 1. The minimum Gasteiger partial charge on any atom is -0.385 e. The molecule has 0 radical (unpaired) electrons. The lowest BCUT2D eigenvalue weighted by Gasteiger charge is -2.31. The van der Waals surface area contributed by atoms with Crippen molar-refractivity contribution in [2.24, 2.45) is 0 Å². The van der Waals surface area contributed by atoms with Crippen LogP contribution in [0.5, 0.6) is 0 Å². The number of nitrogens with zero attached hydrogens (tertiary/aromatic N) is 3. The molecule has 0 aliphatic carbocycles. The molecule has 0 atom stereocenters.